The van der Waals surface area contributed by atoms with E-state index in [1.54, 1.807) is 12.1 Å². The fraction of sp³-hybridized carbons (Fsp3) is 0.562. The summed E-state index contributed by atoms with van der Waals surface area (Å²) in [7, 11) is 0. The Hall–Kier alpha value is -1.62. The second kappa shape index (κ2) is 7.98. The zero-order valence-electron chi connectivity index (χ0n) is 12.4. The molecule has 1 fully saturated rings. The highest BCUT2D eigenvalue weighted by Gasteiger charge is 2.24. The molecule has 0 saturated heterocycles. The van der Waals surface area contributed by atoms with Crippen LogP contribution in [0.1, 0.15) is 38.5 Å². The molecule has 0 bridgehead atoms. The van der Waals surface area contributed by atoms with Crippen molar-refractivity contribution in [3.05, 3.63) is 30.1 Å². The van der Waals surface area contributed by atoms with Gasteiger partial charge in [0.2, 0.25) is 0 Å². The number of rotatable bonds is 5. The summed E-state index contributed by atoms with van der Waals surface area (Å²) in [5, 5.41) is 2.85. The van der Waals surface area contributed by atoms with Crippen LogP contribution in [0.3, 0.4) is 0 Å². The van der Waals surface area contributed by atoms with Gasteiger partial charge in [0.25, 0.3) is 0 Å². The quantitative estimate of drug-likeness (QED) is 0.874. The summed E-state index contributed by atoms with van der Waals surface area (Å²) < 4.78 is 12.9. The topological polar surface area (TPSA) is 58.4 Å². The predicted octanol–water partition coefficient (Wildman–Crippen LogP) is 3.34. The number of nitrogens with zero attached hydrogens (tertiary/aromatic N) is 1. The van der Waals surface area contributed by atoms with Gasteiger partial charge in [0.15, 0.2) is 0 Å². The third-order valence-corrected chi connectivity index (χ3v) is 3.97. The van der Waals surface area contributed by atoms with Gasteiger partial charge in [-0.25, -0.2) is 9.18 Å². The minimum absolute atomic E-state index is 0.109. The van der Waals surface area contributed by atoms with Crippen LogP contribution in [0.5, 0.6) is 0 Å². The molecule has 5 heteroatoms. The summed E-state index contributed by atoms with van der Waals surface area (Å²) in [6, 6.07) is 6.04. The lowest BCUT2D eigenvalue weighted by Crippen LogP contribution is -2.44. The van der Waals surface area contributed by atoms with E-state index in [0.29, 0.717) is 24.8 Å². The molecule has 0 heterocycles. The Balaban J connectivity index is 2.00. The summed E-state index contributed by atoms with van der Waals surface area (Å²) in [4.78, 5) is 14.4. The standard InChI is InChI=1S/C16H24FN3O/c17-13-7-9-14(10-8-13)19-16(21)20(12-4-11-18)15-5-2-1-3-6-15/h7-10,15H,1-6,11-12,18H2,(H,19,21). The maximum atomic E-state index is 12.9. The summed E-state index contributed by atoms with van der Waals surface area (Å²) >= 11 is 0. The second-order valence-electron chi connectivity index (χ2n) is 5.56. The monoisotopic (exact) mass is 293 g/mol. The van der Waals surface area contributed by atoms with Crippen LogP contribution in [0.2, 0.25) is 0 Å². The van der Waals surface area contributed by atoms with Gasteiger partial charge in [-0.05, 0) is 50.1 Å². The fourth-order valence-corrected chi connectivity index (χ4v) is 2.83. The third-order valence-electron chi connectivity index (χ3n) is 3.97. The van der Waals surface area contributed by atoms with Crippen molar-refractivity contribution in [2.75, 3.05) is 18.4 Å². The Kier molecular flexibility index (Phi) is 5.99. The maximum Gasteiger partial charge on any atom is 0.322 e. The van der Waals surface area contributed by atoms with E-state index in [-0.39, 0.29) is 11.8 Å². The second-order valence-corrected chi connectivity index (χ2v) is 5.56. The molecule has 1 aliphatic rings. The summed E-state index contributed by atoms with van der Waals surface area (Å²) in [5.41, 5.74) is 6.20. The molecule has 1 saturated carbocycles. The van der Waals surface area contributed by atoms with E-state index in [0.717, 1.165) is 19.3 Å². The Morgan fingerprint density at radius 2 is 1.90 bits per heavy atom. The zero-order valence-corrected chi connectivity index (χ0v) is 12.4. The molecule has 0 atom stereocenters. The highest BCUT2D eigenvalue weighted by molar-refractivity contribution is 5.89. The Bertz CT molecular complexity index is 443. The molecule has 3 N–H and O–H groups in total. The van der Waals surface area contributed by atoms with Crippen LogP contribution >= 0.6 is 0 Å². The molecular weight excluding hydrogens is 269 g/mol. The van der Waals surface area contributed by atoms with Crippen LogP contribution in [0.4, 0.5) is 14.9 Å². The molecule has 0 spiro atoms. The van der Waals surface area contributed by atoms with Crippen LogP contribution < -0.4 is 11.1 Å². The molecule has 1 aromatic rings. The normalized spacial score (nSPS) is 15.7. The van der Waals surface area contributed by atoms with E-state index in [1.165, 1.54) is 31.4 Å². The van der Waals surface area contributed by atoms with Gasteiger partial charge in [0, 0.05) is 18.3 Å². The molecule has 0 radical (unpaired) electrons. The lowest BCUT2D eigenvalue weighted by Gasteiger charge is -2.34. The number of hydrogen-bond acceptors (Lipinski definition) is 2. The van der Waals surface area contributed by atoms with Crippen molar-refractivity contribution in [2.24, 2.45) is 5.73 Å². The van der Waals surface area contributed by atoms with E-state index >= 15 is 0 Å². The molecule has 0 unspecified atom stereocenters. The Labute approximate surface area is 125 Å². The van der Waals surface area contributed by atoms with Crippen molar-refractivity contribution in [3.63, 3.8) is 0 Å². The number of urea groups is 1. The summed E-state index contributed by atoms with van der Waals surface area (Å²) in [5.74, 6) is -0.305. The van der Waals surface area contributed by atoms with Gasteiger partial charge in [-0.3, -0.25) is 0 Å². The van der Waals surface area contributed by atoms with Crippen molar-refractivity contribution < 1.29 is 9.18 Å². The van der Waals surface area contributed by atoms with Crippen molar-refractivity contribution in [3.8, 4) is 0 Å². The maximum absolute atomic E-state index is 12.9. The first kappa shape index (κ1) is 15.8. The minimum Gasteiger partial charge on any atom is -0.330 e. The molecule has 116 valence electrons. The average Bonchev–Trinajstić information content (AvgIpc) is 2.51. The van der Waals surface area contributed by atoms with Gasteiger partial charge in [-0.15, -0.1) is 0 Å². The van der Waals surface area contributed by atoms with Crippen molar-refractivity contribution in [1.82, 2.24) is 4.90 Å². The van der Waals surface area contributed by atoms with Crippen molar-refractivity contribution >= 4 is 11.7 Å². The number of amides is 2. The summed E-state index contributed by atoms with van der Waals surface area (Å²) in [6.45, 7) is 1.25. The van der Waals surface area contributed by atoms with Crippen LogP contribution in [-0.2, 0) is 0 Å². The first-order valence-electron chi connectivity index (χ1n) is 7.74. The Morgan fingerprint density at radius 3 is 2.52 bits per heavy atom. The van der Waals surface area contributed by atoms with Crippen LogP contribution in [0, 0.1) is 5.82 Å². The van der Waals surface area contributed by atoms with Gasteiger partial charge in [-0.1, -0.05) is 19.3 Å². The molecule has 4 nitrogen and oxygen atoms in total. The van der Waals surface area contributed by atoms with Crippen LogP contribution in [0.15, 0.2) is 24.3 Å². The third kappa shape index (κ3) is 4.70. The molecule has 0 aromatic heterocycles. The number of hydrogen-bond donors (Lipinski definition) is 2. The highest BCUT2D eigenvalue weighted by atomic mass is 19.1. The molecule has 0 aliphatic heterocycles. The number of halogens is 1. The first-order valence-corrected chi connectivity index (χ1v) is 7.74. The molecule has 2 amide bonds. The van der Waals surface area contributed by atoms with Crippen LogP contribution in [0.25, 0.3) is 0 Å². The smallest absolute Gasteiger partial charge is 0.322 e. The number of nitrogens with two attached hydrogens (primary N) is 1. The van der Waals surface area contributed by atoms with Crippen molar-refractivity contribution in [1.29, 1.82) is 0 Å². The van der Waals surface area contributed by atoms with Crippen molar-refractivity contribution in [2.45, 2.75) is 44.6 Å². The fourth-order valence-electron chi connectivity index (χ4n) is 2.83. The average molecular weight is 293 g/mol. The largest absolute Gasteiger partial charge is 0.330 e. The molecule has 1 aliphatic carbocycles. The van der Waals surface area contributed by atoms with E-state index in [2.05, 4.69) is 5.32 Å². The molecule has 21 heavy (non-hydrogen) atoms. The van der Waals surface area contributed by atoms with Gasteiger partial charge in [-0.2, -0.15) is 0 Å². The predicted molar refractivity (Wildman–Crippen MR) is 82.7 cm³/mol. The van der Waals surface area contributed by atoms with E-state index < -0.39 is 0 Å². The molecular formula is C16H24FN3O. The number of carbonyl (C=O) groups is 1. The number of anilines is 1. The van der Waals surface area contributed by atoms with E-state index in [1.807, 2.05) is 4.90 Å². The molecule has 1 aromatic carbocycles. The lowest BCUT2D eigenvalue weighted by atomic mass is 9.94. The minimum atomic E-state index is -0.305. The van der Waals surface area contributed by atoms with Crippen LogP contribution in [-0.4, -0.2) is 30.1 Å². The number of carbonyl (C=O) groups excluding carboxylic acids is 1. The SMILES string of the molecule is NCCCN(C(=O)Nc1ccc(F)cc1)C1CCCCC1. The zero-order chi connectivity index (χ0) is 15.1. The van der Waals surface area contributed by atoms with Gasteiger partial charge in [0.05, 0.1) is 0 Å². The molecule has 2 rings (SSSR count). The Morgan fingerprint density at radius 1 is 1.24 bits per heavy atom. The van der Waals surface area contributed by atoms with E-state index in [9.17, 15) is 9.18 Å². The van der Waals surface area contributed by atoms with Gasteiger partial charge < -0.3 is 16.0 Å². The van der Waals surface area contributed by atoms with E-state index in [4.69, 9.17) is 5.73 Å². The summed E-state index contributed by atoms with van der Waals surface area (Å²) in [6.07, 6.45) is 6.51. The number of benzene rings is 1. The first-order chi connectivity index (χ1) is 10.2. The highest BCUT2D eigenvalue weighted by Crippen LogP contribution is 2.23. The number of nitrogens with one attached hydrogen (secondary N) is 1. The van der Waals surface area contributed by atoms with Gasteiger partial charge in [0.1, 0.15) is 5.82 Å². The lowest BCUT2D eigenvalue weighted by molar-refractivity contribution is 0.167. The van der Waals surface area contributed by atoms with Gasteiger partial charge >= 0.3 is 6.03 Å².